The molecule has 1 aromatic carbocycles. The van der Waals surface area contributed by atoms with Crippen molar-refractivity contribution in [2.24, 2.45) is 0 Å². The van der Waals surface area contributed by atoms with Gasteiger partial charge in [0.1, 0.15) is 0 Å². The van der Waals surface area contributed by atoms with E-state index in [-0.39, 0.29) is 10.6 Å². The predicted molar refractivity (Wildman–Crippen MR) is 81.1 cm³/mol. The van der Waals surface area contributed by atoms with Crippen molar-refractivity contribution in [2.45, 2.75) is 17.7 Å². The Morgan fingerprint density at radius 1 is 1.32 bits per heavy atom. The molecule has 1 atom stereocenters. The fourth-order valence-electron chi connectivity index (χ4n) is 1.60. The number of hydrogen-bond acceptors (Lipinski definition) is 3. The van der Waals surface area contributed by atoms with Crippen LogP contribution in [0.4, 0.5) is 0 Å². The number of aryl methyl sites for hydroxylation is 1. The molecule has 108 valence electrons. The van der Waals surface area contributed by atoms with Crippen LogP contribution in [0.1, 0.15) is 12.0 Å². The number of alkyl halides is 1. The summed E-state index contributed by atoms with van der Waals surface area (Å²) in [4.78, 5) is 0.175. The van der Waals surface area contributed by atoms with Crippen molar-refractivity contribution in [1.82, 2.24) is 4.72 Å². The smallest absolute Gasteiger partial charge is 0.211 e. The van der Waals surface area contributed by atoms with E-state index >= 15 is 0 Å². The summed E-state index contributed by atoms with van der Waals surface area (Å²) in [6.45, 7) is 1.00. The Labute approximate surface area is 123 Å². The maximum atomic E-state index is 11.8. The van der Waals surface area contributed by atoms with Crippen LogP contribution in [0.3, 0.4) is 0 Å². The Hall–Kier alpha value is -0.430. The minimum atomic E-state index is -3.20. The van der Waals surface area contributed by atoms with Crippen LogP contribution < -0.4 is 4.72 Å². The van der Waals surface area contributed by atoms with Crippen LogP contribution in [-0.2, 0) is 21.2 Å². The Balaban J connectivity index is 2.28. The van der Waals surface area contributed by atoms with E-state index in [0.717, 1.165) is 5.56 Å². The lowest BCUT2D eigenvalue weighted by Crippen LogP contribution is -2.29. The van der Waals surface area contributed by atoms with E-state index in [9.17, 15) is 8.42 Å². The molecule has 0 aliphatic carbocycles. The van der Waals surface area contributed by atoms with E-state index in [1.165, 1.54) is 0 Å². The zero-order valence-corrected chi connectivity index (χ0v) is 13.4. The van der Waals surface area contributed by atoms with Gasteiger partial charge in [-0.1, -0.05) is 46.3 Å². The number of ether oxygens (including phenoxy) is 1. The zero-order valence-electron chi connectivity index (χ0n) is 11.0. The highest BCUT2D eigenvalue weighted by Gasteiger charge is 2.11. The van der Waals surface area contributed by atoms with Crippen molar-refractivity contribution in [1.29, 1.82) is 0 Å². The number of methoxy groups -OCH3 is 1. The summed E-state index contributed by atoms with van der Waals surface area (Å²) in [5.74, 6) is 0.119. The van der Waals surface area contributed by atoms with Gasteiger partial charge in [-0.2, -0.15) is 0 Å². The first kappa shape index (κ1) is 16.6. The monoisotopic (exact) mass is 349 g/mol. The van der Waals surface area contributed by atoms with Gasteiger partial charge in [0.25, 0.3) is 0 Å². The molecule has 1 aromatic rings. The maximum Gasteiger partial charge on any atom is 0.211 e. The normalized spacial score (nSPS) is 13.4. The largest absolute Gasteiger partial charge is 0.384 e. The third-order valence-electron chi connectivity index (χ3n) is 2.63. The van der Waals surface area contributed by atoms with Gasteiger partial charge in [0.15, 0.2) is 0 Å². The SMILES string of the molecule is COCC(Br)CCNS(=O)(=O)CCc1ccccc1. The first-order valence-corrected chi connectivity index (χ1v) is 8.74. The quantitative estimate of drug-likeness (QED) is 0.693. The molecule has 0 aromatic heterocycles. The average Bonchev–Trinajstić information content (AvgIpc) is 2.38. The zero-order chi connectivity index (χ0) is 14.1. The van der Waals surface area contributed by atoms with Crippen molar-refractivity contribution >= 4 is 26.0 Å². The van der Waals surface area contributed by atoms with Gasteiger partial charge in [-0.3, -0.25) is 0 Å². The first-order chi connectivity index (χ1) is 9.03. The van der Waals surface area contributed by atoms with Gasteiger partial charge in [0.05, 0.1) is 12.4 Å². The number of sulfonamides is 1. The molecule has 0 saturated carbocycles. The van der Waals surface area contributed by atoms with Crippen LogP contribution in [0.25, 0.3) is 0 Å². The Bertz CT molecular complexity index is 450. The Kier molecular flexibility index (Phi) is 7.60. The molecule has 19 heavy (non-hydrogen) atoms. The minimum absolute atomic E-state index is 0.119. The van der Waals surface area contributed by atoms with E-state index in [2.05, 4.69) is 20.7 Å². The van der Waals surface area contributed by atoms with Crippen LogP contribution >= 0.6 is 15.9 Å². The van der Waals surface area contributed by atoms with Crippen LogP contribution in [0.2, 0.25) is 0 Å². The van der Waals surface area contributed by atoms with Gasteiger partial charge < -0.3 is 4.74 Å². The van der Waals surface area contributed by atoms with E-state index in [1.807, 2.05) is 30.3 Å². The lowest BCUT2D eigenvalue weighted by molar-refractivity contribution is 0.199. The lowest BCUT2D eigenvalue weighted by Gasteiger charge is -2.10. The molecular weight excluding hydrogens is 330 g/mol. The number of benzene rings is 1. The summed E-state index contributed by atoms with van der Waals surface area (Å²) in [6, 6.07) is 9.61. The second kappa shape index (κ2) is 8.68. The topological polar surface area (TPSA) is 55.4 Å². The molecule has 0 bridgehead atoms. The molecule has 1 unspecified atom stereocenters. The highest BCUT2D eigenvalue weighted by Crippen LogP contribution is 2.05. The van der Waals surface area contributed by atoms with Crippen LogP contribution in [0.5, 0.6) is 0 Å². The number of rotatable bonds is 9. The highest BCUT2D eigenvalue weighted by molar-refractivity contribution is 9.09. The Morgan fingerprint density at radius 3 is 2.63 bits per heavy atom. The van der Waals surface area contributed by atoms with E-state index in [4.69, 9.17) is 4.74 Å². The molecule has 0 amide bonds. The van der Waals surface area contributed by atoms with Gasteiger partial charge in [-0.05, 0) is 18.4 Å². The summed E-state index contributed by atoms with van der Waals surface area (Å²) < 4.78 is 31.1. The molecular formula is C13H20BrNO3S. The van der Waals surface area contributed by atoms with Crippen LogP contribution in [-0.4, -0.2) is 39.3 Å². The number of halogens is 1. The van der Waals surface area contributed by atoms with Gasteiger partial charge in [-0.25, -0.2) is 13.1 Å². The first-order valence-electron chi connectivity index (χ1n) is 6.18. The van der Waals surface area contributed by atoms with E-state index < -0.39 is 10.0 Å². The van der Waals surface area contributed by atoms with Gasteiger partial charge in [0, 0.05) is 18.5 Å². The van der Waals surface area contributed by atoms with Crippen molar-refractivity contribution < 1.29 is 13.2 Å². The summed E-state index contributed by atoms with van der Waals surface area (Å²) >= 11 is 3.42. The van der Waals surface area contributed by atoms with Crippen molar-refractivity contribution in [3.63, 3.8) is 0 Å². The average molecular weight is 350 g/mol. The molecule has 4 nitrogen and oxygen atoms in total. The minimum Gasteiger partial charge on any atom is -0.384 e. The molecule has 6 heteroatoms. The highest BCUT2D eigenvalue weighted by atomic mass is 79.9. The summed E-state index contributed by atoms with van der Waals surface area (Å²) in [7, 11) is -1.58. The molecule has 0 heterocycles. The molecule has 0 saturated heterocycles. The second-order valence-corrected chi connectivity index (χ2v) is 7.51. The van der Waals surface area contributed by atoms with Crippen molar-refractivity contribution in [3.8, 4) is 0 Å². The summed E-state index contributed by atoms with van der Waals surface area (Å²) in [6.07, 6.45) is 1.24. The molecule has 0 spiro atoms. The summed E-state index contributed by atoms with van der Waals surface area (Å²) in [5.41, 5.74) is 1.03. The molecule has 0 aliphatic rings. The number of nitrogens with one attached hydrogen (secondary N) is 1. The molecule has 0 aliphatic heterocycles. The maximum absolute atomic E-state index is 11.8. The van der Waals surface area contributed by atoms with Crippen molar-refractivity contribution in [3.05, 3.63) is 35.9 Å². The van der Waals surface area contributed by atoms with Crippen molar-refractivity contribution in [2.75, 3.05) is 26.0 Å². The Morgan fingerprint density at radius 2 is 2.00 bits per heavy atom. The van der Waals surface area contributed by atoms with Gasteiger partial charge in [-0.15, -0.1) is 0 Å². The number of hydrogen-bond donors (Lipinski definition) is 1. The van der Waals surface area contributed by atoms with Gasteiger partial charge in [0.2, 0.25) is 10.0 Å². The van der Waals surface area contributed by atoms with Gasteiger partial charge >= 0.3 is 0 Å². The third kappa shape index (κ3) is 7.67. The molecule has 0 fully saturated rings. The second-order valence-electron chi connectivity index (χ2n) is 4.29. The lowest BCUT2D eigenvalue weighted by atomic mass is 10.2. The van der Waals surface area contributed by atoms with E-state index in [1.54, 1.807) is 7.11 Å². The molecule has 1 rings (SSSR count). The molecule has 0 radical (unpaired) electrons. The fourth-order valence-corrected chi connectivity index (χ4v) is 3.18. The predicted octanol–water partition coefficient (Wildman–Crippen LogP) is 1.95. The van der Waals surface area contributed by atoms with Crippen LogP contribution in [0, 0.1) is 0 Å². The summed E-state index contributed by atoms with van der Waals surface area (Å²) in [5, 5.41) is 0. The standard InChI is InChI=1S/C13H20BrNO3S/c1-18-11-13(14)7-9-15-19(16,17)10-8-12-5-3-2-4-6-12/h2-6,13,15H,7-11H2,1H3. The van der Waals surface area contributed by atoms with E-state index in [0.29, 0.717) is 26.0 Å². The molecule has 1 N–H and O–H groups in total. The third-order valence-corrected chi connectivity index (χ3v) is 4.74. The van der Waals surface area contributed by atoms with Crippen LogP contribution in [0.15, 0.2) is 30.3 Å². The fraction of sp³-hybridized carbons (Fsp3) is 0.538.